The number of methoxy groups -OCH3 is 1. The number of imidazole rings is 1. The van der Waals surface area contributed by atoms with Crippen molar-refractivity contribution < 1.29 is 23.3 Å². The van der Waals surface area contributed by atoms with Crippen LogP contribution in [0.15, 0.2) is 35.1 Å². The van der Waals surface area contributed by atoms with Gasteiger partial charge in [0.05, 0.1) is 35.2 Å². The fourth-order valence-electron chi connectivity index (χ4n) is 3.20. The predicted octanol–water partition coefficient (Wildman–Crippen LogP) is 4.47. The summed E-state index contributed by atoms with van der Waals surface area (Å²) >= 11 is 9.67. The molecule has 164 valence electrons. The zero-order valence-electron chi connectivity index (χ0n) is 16.8. The van der Waals surface area contributed by atoms with Gasteiger partial charge in [-0.2, -0.15) is 4.39 Å². The van der Waals surface area contributed by atoms with Gasteiger partial charge in [0.25, 0.3) is 5.91 Å². The molecule has 7 nitrogen and oxygen atoms in total. The van der Waals surface area contributed by atoms with Crippen LogP contribution in [0, 0.1) is 11.7 Å². The number of carbonyl (C=O) groups excluding carboxylic acids is 1. The summed E-state index contributed by atoms with van der Waals surface area (Å²) in [4.78, 5) is 21.2. The second-order valence-electron chi connectivity index (χ2n) is 7.40. The van der Waals surface area contributed by atoms with E-state index in [4.69, 9.17) is 21.2 Å². The van der Waals surface area contributed by atoms with E-state index in [2.05, 4.69) is 31.7 Å². The molecule has 1 aliphatic carbocycles. The Morgan fingerprint density at radius 3 is 2.90 bits per heavy atom. The van der Waals surface area contributed by atoms with Crippen LogP contribution in [0.4, 0.5) is 15.8 Å². The van der Waals surface area contributed by atoms with E-state index >= 15 is 4.39 Å². The van der Waals surface area contributed by atoms with Crippen molar-refractivity contribution >= 4 is 55.8 Å². The molecule has 4 rings (SSSR count). The van der Waals surface area contributed by atoms with Gasteiger partial charge in [-0.25, -0.2) is 15.0 Å². The van der Waals surface area contributed by atoms with E-state index in [9.17, 15) is 4.79 Å². The lowest BCUT2D eigenvalue weighted by molar-refractivity contribution is -0.673. The van der Waals surface area contributed by atoms with Gasteiger partial charge < -0.3 is 10.1 Å². The second kappa shape index (κ2) is 9.52. The van der Waals surface area contributed by atoms with Crippen molar-refractivity contribution in [2.24, 2.45) is 5.92 Å². The zero-order valence-corrected chi connectivity index (χ0v) is 19.1. The van der Waals surface area contributed by atoms with E-state index in [1.54, 1.807) is 42.3 Å². The van der Waals surface area contributed by atoms with Crippen LogP contribution in [-0.4, -0.2) is 31.2 Å². The molecule has 1 heterocycles. The molecular weight excluding hydrogens is 491 g/mol. The van der Waals surface area contributed by atoms with E-state index in [0.717, 1.165) is 17.3 Å². The Balaban J connectivity index is 1.73. The van der Waals surface area contributed by atoms with Crippen LogP contribution in [0.3, 0.4) is 0 Å². The van der Waals surface area contributed by atoms with Gasteiger partial charge >= 0.3 is 0 Å². The first-order chi connectivity index (χ1) is 15.0. The molecule has 1 saturated carbocycles. The largest absolute Gasteiger partial charge is 0.381 e. The minimum absolute atomic E-state index is 0.00927. The Bertz CT molecular complexity index is 1120. The van der Waals surface area contributed by atoms with Crippen molar-refractivity contribution in [1.29, 1.82) is 0 Å². The number of fused-ring (bicyclic) bond motifs is 1. The Morgan fingerprint density at radius 1 is 1.39 bits per heavy atom. The topological polar surface area (TPSA) is 79.3 Å². The smallest absolute Gasteiger partial charge is 0.277 e. The van der Waals surface area contributed by atoms with Gasteiger partial charge in [0.15, 0.2) is 11.3 Å². The van der Waals surface area contributed by atoms with Gasteiger partial charge in [0, 0.05) is 17.6 Å². The van der Waals surface area contributed by atoms with Crippen LogP contribution in [0.25, 0.3) is 11.0 Å². The maximum Gasteiger partial charge on any atom is 0.277 e. The highest BCUT2D eigenvalue weighted by Gasteiger charge is 2.27. The van der Waals surface area contributed by atoms with E-state index in [1.165, 1.54) is 0 Å². The van der Waals surface area contributed by atoms with Crippen molar-refractivity contribution in [3.63, 3.8) is 0 Å². The highest BCUT2D eigenvalue weighted by molar-refractivity contribution is 9.10. The predicted molar refractivity (Wildman–Crippen MR) is 119 cm³/mol. The Kier molecular flexibility index (Phi) is 6.76. The van der Waals surface area contributed by atoms with Gasteiger partial charge in [-0.3, -0.25) is 9.63 Å². The molecule has 0 aliphatic heterocycles. The molecule has 0 unspecified atom stereocenters. The van der Waals surface area contributed by atoms with Gasteiger partial charge in [0.2, 0.25) is 11.8 Å². The average molecular weight is 513 g/mol. The van der Waals surface area contributed by atoms with E-state index in [0.29, 0.717) is 47.4 Å². The zero-order chi connectivity index (χ0) is 22.0. The van der Waals surface area contributed by atoms with Crippen molar-refractivity contribution in [2.45, 2.75) is 19.4 Å². The number of hydroxylamine groups is 1. The van der Waals surface area contributed by atoms with E-state index < -0.39 is 11.7 Å². The molecule has 3 N–H and O–H groups in total. The number of halogens is 3. The number of nitrogens with one attached hydrogen (secondary N) is 3. The number of amides is 1. The molecule has 0 bridgehead atoms. The highest BCUT2D eigenvalue weighted by atomic mass is 79.9. The van der Waals surface area contributed by atoms with Crippen molar-refractivity contribution in [3.8, 4) is 0 Å². The Labute approximate surface area is 192 Å². The van der Waals surface area contributed by atoms with Gasteiger partial charge in [-0.15, -0.1) is 0 Å². The van der Waals surface area contributed by atoms with Gasteiger partial charge in [-0.1, -0.05) is 27.5 Å². The summed E-state index contributed by atoms with van der Waals surface area (Å²) in [6.45, 7) is 1.30. The summed E-state index contributed by atoms with van der Waals surface area (Å²) in [5.41, 5.74) is 3.80. The number of H-pyrrole nitrogens is 1. The standard InChI is InChI=1S/C21H21BrClFN4O3/c1-30-7-6-28-11-25-17-9-14(21(29)27-31-10-12-2-3-12)19(18(24)20(17)28)26-16-5-4-13(22)8-15(16)23/h4-5,8-9,11-12H,2-3,6-7,10H2,1H3,(H2,26,27,29)/p+1. The molecule has 1 fully saturated rings. The summed E-state index contributed by atoms with van der Waals surface area (Å²) < 4.78 is 23.4. The number of benzene rings is 2. The molecule has 0 radical (unpaired) electrons. The van der Waals surface area contributed by atoms with E-state index in [1.807, 2.05) is 0 Å². The number of ether oxygens (including phenoxy) is 1. The van der Waals surface area contributed by atoms with Crippen molar-refractivity contribution in [1.82, 2.24) is 10.5 Å². The Morgan fingerprint density at radius 2 is 2.19 bits per heavy atom. The molecule has 1 aliphatic rings. The second-order valence-corrected chi connectivity index (χ2v) is 8.73. The summed E-state index contributed by atoms with van der Waals surface area (Å²) in [5.74, 6) is -0.654. The van der Waals surface area contributed by atoms with Crippen LogP contribution in [-0.2, 0) is 16.1 Å². The Hall–Kier alpha value is -2.20. The lowest BCUT2D eigenvalue weighted by Gasteiger charge is -2.14. The molecule has 1 aromatic heterocycles. The molecule has 2 aromatic carbocycles. The molecule has 31 heavy (non-hydrogen) atoms. The number of carbonyl (C=O) groups is 1. The summed E-state index contributed by atoms with van der Waals surface area (Å²) in [6, 6.07) is 6.76. The number of hydrogen-bond donors (Lipinski definition) is 3. The number of nitrogens with zero attached hydrogens (tertiary/aromatic N) is 1. The quantitative estimate of drug-likeness (QED) is 0.292. The van der Waals surface area contributed by atoms with Crippen molar-refractivity contribution in [3.05, 3.63) is 51.5 Å². The maximum atomic E-state index is 15.8. The van der Waals surface area contributed by atoms with Crippen LogP contribution in [0.5, 0.6) is 0 Å². The third-order valence-electron chi connectivity index (χ3n) is 5.06. The normalized spacial score (nSPS) is 13.5. The lowest BCUT2D eigenvalue weighted by atomic mass is 10.1. The molecule has 0 saturated heterocycles. The molecule has 1 amide bonds. The van der Waals surface area contributed by atoms with Crippen LogP contribution in [0.2, 0.25) is 5.02 Å². The molecular formula is C21H22BrClFN4O3+. The fraction of sp³-hybridized carbons (Fsp3) is 0.333. The summed E-state index contributed by atoms with van der Waals surface area (Å²) in [5, 5.41) is 3.37. The van der Waals surface area contributed by atoms with Crippen LogP contribution >= 0.6 is 27.5 Å². The summed E-state index contributed by atoms with van der Waals surface area (Å²) in [7, 11) is 1.58. The number of aromatic amines is 1. The maximum absolute atomic E-state index is 15.8. The average Bonchev–Trinajstić information content (AvgIpc) is 3.47. The minimum Gasteiger partial charge on any atom is -0.381 e. The van der Waals surface area contributed by atoms with Gasteiger partial charge in [0.1, 0.15) is 6.54 Å². The van der Waals surface area contributed by atoms with Crippen LogP contribution < -0.4 is 15.4 Å². The SMILES string of the molecule is COCC[n+]1c[nH]c2cc(C(=O)NOCC3CC3)c(Nc3ccc(Br)cc3Cl)c(F)c21. The molecule has 3 aromatic rings. The van der Waals surface area contributed by atoms with Gasteiger partial charge in [-0.05, 0) is 37.0 Å². The molecule has 0 atom stereocenters. The summed E-state index contributed by atoms with van der Waals surface area (Å²) in [6.07, 6.45) is 3.83. The monoisotopic (exact) mass is 511 g/mol. The minimum atomic E-state index is -0.582. The number of hydrogen-bond acceptors (Lipinski definition) is 4. The lowest BCUT2D eigenvalue weighted by Crippen LogP contribution is -2.35. The third-order valence-corrected chi connectivity index (χ3v) is 5.86. The van der Waals surface area contributed by atoms with E-state index in [-0.39, 0.29) is 11.3 Å². The van der Waals surface area contributed by atoms with Crippen molar-refractivity contribution in [2.75, 3.05) is 25.6 Å². The first kappa shape index (κ1) is 22.0. The number of anilines is 2. The first-order valence-electron chi connectivity index (χ1n) is 9.84. The van der Waals surface area contributed by atoms with Crippen LogP contribution in [0.1, 0.15) is 23.2 Å². The molecule has 0 spiro atoms. The first-order valence-corrected chi connectivity index (χ1v) is 11.0. The number of rotatable bonds is 9. The molecule has 10 heteroatoms. The third kappa shape index (κ3) is 5.01. The fourth-order valence-corrected chi connectivity index (χ4v) is 3.92. The number of aromatic nitrogens is 2. The highest BCUT2D eigenvalue weighted by Crippen LogP contribution is 2.34.